The normalized spacial score (nSPS) is 18.5. The third kappa shape index (κ3) is 5.99. The van der Waals surface area contributed by atoms with Crippen LogP contribution in [0, 0.1) is 0 Å². The van der Waals surface area contributed by atoms with Crippen LogP contribution in [0.3, 0.4) is 0 Å². The van der Waals surface area contributed by atoms with E-state index in [2.05, 4.69) is 0 Å². The standard InChI is InChI=1S/C23H32N2O6/c1-16(2)29-20(27)24-14-13-23(19(26)31-22(5,6)7,15-18-11-9-8-10-12-18)25(24)21(28)30-17(3)4/h8-14,16-17H,15H2,1-7H3. The minimum absolute atomic E-state index is 0.0813. The Kier molecular flexibility index (Phi) is 7.36. The van der Waals surface area contributed by atoms with Gasteiger partial charge < -0.3 is 14.2 Å². The molecule has 8 heteroatoms. The fourth-order valence-corrected chi connectivity index (χ4v) is 3.06. The highest BCUT2D eigenvalue weighted by Crippen LogP contribution is 2.35. The van der Waals surface area contributed by atoms with Crippen molar-refractivity contribution in [3.63, 3.8) is 0 Å². The summed E-state index contributed by atoms with van der Waals surface area (Å²) in [5.41, 5.74) is -1.66. The van der Waals surface area contributed by atoms with Gasteiger partial charge in [-0.25, -0.2) is 14.4 Å². The summed E-state index contributed by atoms with van der Waals surface area (Å²) in [5.74, 6) is -0.680. The maximum absolute atomic E-state index is 13.5. The van der Waals surface area contributed by atoms with Crippen LogP contribution in [0.25, 0.3) is 0 Å². The molecule has 1 aliphatic heterocycles. The number of amides is 2. The second-order valence-corrected chi connectivity index (χ2v) is 8.93. The predicted octanol–water partition coefficient (Wildman–Crippen LogP) is 4.45. The Balaban J connectivity index is 2.57. The Morgan fingerprint density at radius 3 is 2.00 bits per heavy atom. The molecule has 1 unspecified atom stereocenters. The van der Waals surface area contributed by atoms with E-state index in [-0.39, 0.29) is 6.42 Å². The number of carbonyl (C=O) groups excluding carboxylic acids is 3. The van der Waals surface area contributed by atoms with Crippen molar-refractivity contribution in [2.24, 2.45) is 0 Å². The molecular formula is C23H32N2O6. The van der Waals surface area contributed by atoms with Gasteiger partial charge >= 0.3 is 18.2 Å². The second-order valence-electron chi connectivity index (χ2n) is 8.93. The van der Waals surface area contributed by atoms with Gasteiger partial charge in [-0.2, -0.15) is 10.0 Å². The number of benzene rings is 1. The van der Waals surface area contributed by atoms with Crippen LogP contribution >= 0.6 is 0 Å². The Hall–Kier alpha value is -3.03. The molecule has 0 aliphatic carbocycles. The predicted molar refractivity (Wildman–Crippen MR) is 115 cm³/mol. The lowest BCUT2D eigenvalue weighted by Crippen LogP contribution is -2.62. The first-order valence-electron chi connectivity index (χ1n) is 10.3. The quantitative estimate of drug-likeness (QED) is 0.505. The van der Waals surface area contributed by atoms with Gasteiger partial charge in [0.1, 0.15) is 5.60 Å². The zero-order chi connectivity index (χ0) is 23.4. The number of hydrogen-bond donors (Lipinski definition) is 0. The van der Waals surface area contributed by atoms with Crippen LogP contribution in [-0.4, -0.2) is 51.5 Å². The van der Waals surface area contributed by atoms with Crippen LogP contribution in [-0.2, 0) is 25.4 Å². The van der Waals surface area contributed by atoms with Crippen LogP contribution in [0.5, 0.6) is 0 Å². The molecule has 0 saturated heterocycles. The van der Waals surface area contributed by atoms with Crippen LogP contribution in [0.1, 0.15) is 54.0 Å². The van der Waals surface area contributed by atoms with Gasteiger partial charge in [-0.3, -0.25) is 0 Å². The lowest BCUT2D eigenvalue weighted by molar-refractivity contribution is -0.170. The van der Waals surface area contributed by atoms with Gasteiger partial charge in [-0.1, -0.05) is 30.3 Å². The van der Waals surface area contributed by atoms with Gasteiger partial charge in [0.25, 0.3) is 0 Å². The fourth-order valence-electron chi connectivity index (χ4n) is 3.06. The molecule has 2 amide bonds. The van der Waals surface area contributed by atoms with Crippen molar-refractivity contribution in [3.05, 3.63) is 48.2 Å². The molecule has 0 radical (unpaired) electrons. The zero-order valence-corrected chi connectivity index (χ0v) is 19.2. The molecule has 170 valence electrons. The average Bonchev–Trinajstić information content (AvgIpc) is 3.00. The fraction of sp³-hybridized carbons (Fsp3) is 0.522. The summed E-state index contributed by atoms with van der Waals surface area (Å²) in [4.78, 5) is 39.4. The van der Waals surface area contributed by atoms with Crippen LogP contribution in [0.4, 0.5) is 9.59 Å². The molecule has 2 rings (SSSR count). The van der Waals surface area contributed by atoms with E-state index in [1.807, 2.05) is 30.3 Å². The molecule has 1 aromatic rings. The number of hydrazine groups is 1. The average molecular weight is 433 g/mol. The number of esters is 1. The van der Waals surface area contributed by atoms with Crippen molar-refractivity contribution < 1.29 is 28.6 Å². The summed E-state index contributed by atoms with van der Waals surface area (Å²) in [6, 6.07) is 9.18. The first-order valence-corrected chi connectivity index (χ1v) is 10.3. The van der Waals surface area contributed by atoms with E-state index < -0.39 is 41.5 Å². The van der Waals surface area contributed by atoms with E-state index in [4.69, 9.17) is 14.2 Å². The van der Waals surface area contributed by atoms with Crippen LogP contribution in [0.15, 0.2) is 42.6 Å². The van der Waals surface area contributed by atoms with Crippen molar-refractivity contribution >= 4 is 18.2 Å². The van der Waals surface area contributed by atoms with Gasteiger partial charge in [0.2, 0.25) is 0 Å². The molecule has 1 aromatic carbocycles. The summed E-state index contributed by atoms with van der Waals surface area (Å²) >= 11 is 0. The molecule has 0 bridgehead atoms. The molecule has 0 fully saturated rings. The van der Waals surface area contributed by atoms with Crippen molar-refractivity contribution in [2.45, 2.75) is 78.2 Å². The molecule has 1 heterocycles. The van der Waals surface area contributed by atoms with Gasteiger partial charge in [0.05, 0.1) is 12.2 Å². The SMILES string of the molecule is CC(C)OC(=O)N1C=CC(Cc2ccccc2)(C(=O)OC(C)(C)C)N1C(=O)OC(C)C. The highest BCUT2D eigenvalue weighted by Gasteiger charge is 2.55. The first kappa shape index (κ1) is 24.2. The number of hydrogen-bond acceptors (Lipinski definition) is 6. The third-order valence-corrected chi connectivity index (χ3v) is 4.19. The van der Waals surface area contributed by atoms with E-state index >= 15 is 0 Å². The van der Waals surface area contributed by atoms with Gasteiger partial charge in [0.15, 0.2) is 5.54 Å². The molecule has 0 aromatic heterocycles. The summed E-state index contributed by atoms with van der Waals surface area (Å²) in [6.45, 7) is 12.0. The molecule has 8 nitrogen and oxygen atoms in total. The van der Waals surface area contributed by atoms with E-state index in [1.54, 1.807) is 48.5 Å². The maximum atomic E-state index is 13.5. The Morgan fingerprint density at radius 2 is 1.48 bits per heavy atom. The third-order valence-electron chi connectivity index (χ3n) is 4.19. The van der Waals surface area contributed by atoms with Crippen molar-refractivity contribution in [2.75, 3.05) is 0 Å². The van der Waals surface area contributed by atoms with Crippen LogP contribution < -0.4 is 0 Å². The number of carbonyl (C=O) groups is 3. The topological polar surface area (TPSA) is 85.4 Å². The minimum Gasteiger partial charge on any atom is -0.458 e. The van der Waals surface area contributed by atoms with E-state index in [9.17, 15) is 14.4 Å². The molecule has 0 saturated carbocycles. The molecule has 31 heavy (non-hydrogen) atoms. The Morgan fingerprint density at radius 1 is 0.935 bits per heavy atom. The van der Waals surface area contributed by atoms with Gasteiger partial charge in [-0.05, 0) is 60.1 Å². The molecule has 0 spiro atoms. The Bertz CT molecular complexity index is 828. The lowest BCUT2D eigenvalue weighted by Gasteiger charge is -2.39. The molecule has 1 atom stereocenters. The second kappa shape index (κ2) is 9.41. The Labute approximate surface area is 183 Å². The van der Waals surface area contributed by atoms with Crippen molar-refractivity contribution in [3.8, 4) is 0 Å². The smallest absolute Gasteiger partial charge is 0.433 e. The van der Waals surface area contributed by atoms with E-state index in [0.29, 0.717) is 0 Å². The van der Waals surface area contributed by atoms with E-state index in [0.717, 1.165) is 15.6 Å². The summed E-state index contributed by atoms with van der Waals surface area (Å²) in [6.07, 6.45) is 0.362. The number of rotatable bonds is 5. The summed E-state index contributed by atoms with van der Waals surface area (Å²) in [5, 5.41) is 1.95. The monoisotopic (exact) mass is 432 g/mol. The summed E-state index contributed by atoms with van der Waals surface area (Å²) in [7, 11) is 0. The van der Waals surface area contributed by atoms with Gasteiger partial charge in [0, 0.05) is 12.6 Å². The van der Waals surface area contributed by atoms with Crippen LogP contribution in [0.2, 0.25) is 0 Å². The molecular weight excluding hydrogens is 400 g/mol. The highest BCUT2D eigenvalue weighted by molar-refractivity contribution is 5.91. The zero-order valence-electron chi connectivity index (χ0n) is 19.2. The maximum Gasteiger partial charge on any atom is 0.433 e. The number of ether oxygens (including phenoxy) is 3. The highest BCUT2D eigenvalue weighted by atomic mass is 16.6. The first-order chi connectivity index (χ1) is 14.4. The largest absolute Gasteiger partial charge is 0.458 e. The molecule has 0 N–H and O–H groups in total. The van der Waals surface area contributed by atoms with E-state index in [1.165, 1.54) is 12.3 Å². The van der Waals surface area contributed by atoms with Crippen molar-refractivity contribution in [1.29, 1.82) is 0 Å². The summed E-state index contributed by atoms with van der Waals surface area (Å²) < 4.78 is 16.3. The minimum atomic E-state index is -1.63. The van der Waals surface area contributed by atoms with Gasteiger partial charge in [-0.15, -0.1) is 0 Å². The molecule has 1 aliphatic rings. The van der Waals surface area contributed by atoms with Crippen molar-refractivity contribution in [1.82, 2.24) is 10.0 Å². The lowest BCUT2D eigenvalue weighted by atomic mass is 9.90. The number of nitrogens with zero attached hydrogens (tertiary/aromatic N) is 2.